The summed E-state index contributed by atoms with van der Waals surface area (Å²) < 4.78 is 17.3. The Hall–Kier alpha value is -3.54. The van der Waals surface area contributed by atoms with Crippen molar-refractivity contribution in [2.24, 2.45) is 0 Å². The molecule has 0 N–H and O–H groups in total. The van der Waals surface area contributed by atoms with Crippen LogP contribution in [0.3, 0.4) is 0 Å². The van der Waals surface area contributed by atoms with Gasteiger partial charge >= 0.3 is 0 Å². The number of pyridine rings is 1. The number of methoxy groups -OCH3 is 1. The summed E-state index contributed by atoms with van der Waals surface area (Å²) in [6.07, 6.45) is 2.53. The molecule has 0 spiro atoms. The van der Waals surface area contributed by atoms with Crippen LogP contribution in [0.5, 0.6) is 23.1 Å². The fraction of sp³-hybridized carbons (Fsp3) is 0.280. The zero-order chi connectivity index (χ0) is 22.2. The molecule has 3 rings (SSSR count). The van der Waals surface area contributed by atoms with Crippen LogP contribution in [0.2, 0.25) is 0 Å². The Bertz CT molecular complexity index is 1020. The fourth-order valence-corrected chi connectivity index (χ4v) is 3.08. The SMILES string of the molecule is CCCOc1ccc(OC)cc1CN(C(C)=O)c1cccnc1Oc1ccc(C)cc1. The Kier molecular flexibility index (Phi) is 7.49. The second-order valence-electron chi connectivity index (χ2n) is 7.17. The maximum Gasteiger partial charge on any atom is 0.243 e. The molecule has 0 aliphatic heterocycles. The number of carbonyl (C=O) groups excluding carboxylic acids is 1. The minimum Gasteiger partial charge on any atom is -0.497 e. The summed E-state index contributed by atoms with van der Waals surface area (Å²) in [4.78, 5) is 18.7. The van der Waals surface area contributed by atoms with Crippen LogP contribution >= 0.6 is 0 Å². The first-order valence-corrected chi connectivity index (χ1v) is 10.3. The molecular weight excluding hydrogens is 392 g/mol. The zero-order valence-corrected chi connectivity index (χ0v) is 18.4. The summed E-state index contributed by atoms with van der Waals surface area (Å²) in [6, 6.07) is 16.9. The van der Waals surface area contributed by atoms with Crippen molar-refractivity contribution in [2.75, 3.05) is 18.6 Å². The quantitative estimate of drug-likeness (QED) is 0.455. The number of carbonyl (C=O) groups is 1. The molecule has 162 valence electrons. The highest BCUT2D eigenvalue weighted by atomic mass is 16.5. The molecule has 0 radical (unpaired) electrons. The normalized spacial score (nSPS) is 10.5. The molecule has 0 saturated carbocycles. The van der Waals surface area contributed by atoms with E-state index in [1.165, 1.54) is 6.92 Å². The number of anilines is 1. The lowest BCUT2D eigenvalue weighted by Crippen LogP contribution is -2.28. The topological polar surface area (TPSA) is 60.9 Å². The maximum atomic E-state index is 12.6. The number of nitrogens with zero attached hydrogens (tertiary/aromatic N) is 2. The monoisotopic (exact) mass is 420 g/mol. The molecule has 0 fully saturated rings. The van der Waals surface area contributed by atoms with Crippen LogP contribution in [0.4, 0.5) is 5.69 Å². The van der Waals surface area contributed by atoms with E-state index in [2.05, 4.69) is 11.9 Å². The number of aromatic nitrogens is 1. The lowest BCUT2D eigenvalue weighted by atomic mass is 10.1. The van der Waals surface area contributed by atoms with Gasteiger partial charge in [-0.3, -0.25) is 4.79 Å². The third kappa shape index (κ3) is 5.75. The highest BCUT2D eigenvalue weighted by Gasteiger charge is 2.20. The van der Waals surface area contributed by atoms with Gasteiger partial charge in [0.1, 0.15) is 22.9 Å². The second-order valence-corrected chi connectivity index (χ2v) is 7.17. The molecule has 2 aromatic carbocycles. The average Bonchev–Trinajstić information content (AvgIpc) is 2.78. The van der Waals surface area contributed by atoms with Crippen molar-refractivity contribution in [1.29, 1.82) is 0 Å². The molecule has 31 heavy (non-hydrogen) atoms. The minimum atomic E-state index is -0.133. The van der Waals surface area contributed by atoms with Gasteiger partial charge in [0.15, 0.2) is 0 Å². The predicted molar refractivity (Wildman–Crippen MR) is 121 cm³/mol. The van der Waals surface area contributed by atoms with Crippen molar-refractivity contribution in [3.8, 4) is 23.1 Å². The van der Waals surface area contributed by atoms with Crippen LogP contribution in [0.15, 0.2) is 60.8 Å². The van der Waals surface area contributed by atoms with Gasteiger partial charge in [0.2, 0.25) is 11.8 Å². The van der Waals surface area contributed by atoms with E-state index in [0.717, 1.165) is 23.3 Å². The first-order valence-electron chi connectivity index (χ1n) is 10.3. The first kappa shape index (κ1) is 22.2. The van der Waals surface area contributed by atoms with E-state index in [9.17, 15) is 4.79 Å². The molecule has 0 aliphatic carbocycles. The number of benzene rings is 2. The van der Waals surface area contributed by atoms with Gasteiger partial charge in [-0.2, -0.15) is 0 Å². The van der Waals surface area contributed by atoms with E-state index >= 15 is 0 Å². The Morgan fingerprint density at radius 3 is 2.48 bits per heavy atom. The van der Waals surface area contributed by atoms with E-state index < -0.39 is 0 Å². The minimum absolute atomic E-state index is 0.133. The predicted octanol–water partition coefficient (Wildman–Crippen LogP) is 5.53. The van der Waals surface area contributed by atoms with E-state index in [1.54, 1.807) is 24.3 Å². The van der Waals surface area contributed by atoms with Gasteiger partial charge in [-0.25, -0.2) is 4.98 Å². The molecule has 0 unspecified atom stereocenters. The molecular formula is C25H28N2O4. The van der Waals surface area contributed by atoms with Crippen molar-refractivity contribution in [2.45, 2.75) is 33.7 Å². The number of amides is 1. The first-order chi connectivity index (χ1) is 15.0. The average molecular weight is 421 g/mol. The molecule has 1 amide bonds. The van der Waals surface area contributed by atoms with Crippen LogP contribution in [-0.4, -0.2) is 24.6 Å². The molecule has 0 atom stereocenters. The standard InChI is InChI=1S/C25H28N2O4/c1-5-15-30-24-13-12-22(29-4)16-20(24)17-27(19(3)28)23-7-6-14-26-25(23)31-21-10-8-18(2)9-11-21/h6-14,16H,5,15,17H2,1-4H3. The third-order valence-electron chi connectivity index (χ3n) is 4.72. The van der Waals surface area contributed by atoms with Gasteiger partial charge < -0.3 is 19.1 Å². The van der Waals surface area contributed by atoms with Crippen molar-refractivity contribution in [3.63, 3.8) is 0 Å². The van der Waals surface area contributed by atoms with E-state index in [4.69, 9.17) is 14.2 Å². The Labute approximate surface area is 183 Å². The Morgan fingerprint density at radius 2 is 1.81 bits per heavy atom. The van der Waals surface area contributed by atoms with Crippen LogP contribution in [-0.2, 0) is 11.3 Å². The Morgan fingerprint density at radius 1 is 1.06 bits per heavy atom. The van der Waals surface area contributed by atoms with Crippen molar-refractivity contribution in [3.05, 3.63) is 71.9 Å². The van der Waals surface area contributed by atoms with E-state index in [0.29, 0.717) is 36.2 Å². The van der Waals surface area contributed by atoms with Crippen LogP contribution in [0.1, 0.15) is 31.4 Å². The number of ether oxygens (including phenoxy) is 3. The van der Waals surface area contributed by atoms with Gasteiger partial charge in [-0.15, -0.1) is 0 Å². The van der Waals surface area contributed by atoms with E-state index in [-0.39, 0.29) is 5.91 Å². The molecule has 3 aromatic rings. The molecule has 6 heteroatoms. The molecule has 0 saturated heterocycles. The maximum absolute atomic E-state index is 12.6. The summed E-state index contributed by atoms with van der Waals surface area (Å²) in [5.41, 5.74) is 2.56. The number of rotatable bonds is 9. The summed E-state index contributed by atoms with van der Waals surface area (Å²) in [6.45, 7) is 6.47. The van der Waals surface area contributed by atoms with Crippen molar-refractivity contribution in [1.82, 2.24) is 4.98 Å². The summed E-state index contributed by atoms with van der Waals surface area (Å²) in [7, 11) is 1.61. The van der Waals surface area contributed by atoms with Gasteiger partial charge in [0.05, 0.1) is 20.3 Å². The second kappa shape index (κ2) is 10.5. The molecule has 1 aromatic heterocycles. The summed E-state index contributed by atoms with van der Waals surface area (Å²) >= 11 is 0. The zero-order valence-electron chi connectivity index (χ0n) is 18.4. The molecule has 6 nitrogen and oxygen atoms in total. The molecule has 0 aliphatic rings. The number of aryl methyl sites for hydroxylation is 1. The third-order valence-corrected chi connectivity index (χ3v) is 4.72. The largest absolute Gasteiger partial charge is 0.497 e. The van der Waals surface area contributed by atoms with Crippen molar-refractivity contribution < 1.29 is 19.0 Å². The Balaban J connectivity index is 1.95. The van der Waals surface area contributed by atoms with Gasteiger partial charge in [0, 0.05) is 18.7 Å². The van der Waals surface area contributed by atoms with Crippen LogP contribution in [0, 0.1) is 6.92 Å². The number of hydrogen-bond donors (Lipinski definition) is 0. The van der Waals surface area contributed by atoms with Gasteiger partial charge in [0.25, 0.3) is 0 Å². The van der Waals surface area contributed by atoms with Gasteiger partial charge in [-0.1, -0.05) is 24.6 Å². The lowest BCUT2D eigenvalue weighted by Gasteiger charge is -2.24. The van der Waals surface area contributed by atoms with E-state index in [1.807, 2.05) is 55.5 Å². The lowest BCUT2D eigenvalue weighted by molar-refractivity contribution is -0.116. The number of hydrogen-bond acceptors (Lipinski definition) is 5. The van der Waals surface area contributed by atoms with Crippen LogP contribution in [0.25, 0.3) is 0 Å². The highest BCUT2D eigenvalue weighted by Crippen LogP contribution is 2.33. The fourth-order valence-electron chi connectivity index (χ4n) is 3.08. The van der Waals surface area contributed by atoms with Gasteiger partial charge in [-0.05, 0) is 55.8 Å². The highest BCUT2D eigenvalue weighted by molar-refractivity contribution is 5.92. The van der Waals surface area contributed by atoms with Crippen LogP contribution < -0.4 is 19.1 Å². The summed E-state index contributed by atoms with van der Waals surface area (Å²) in [5.74, 6) is 2.30. The molecule has 0 bridgehead atoms. The smallest absolute Gasteiger partial charge is 0.243 e. The summed E-state index contributed by atoms with van der Waals surface area (Å²) in [5, 5.41) is 0. The van der Waals surface area contributed by atoms with Crippen molar-refractivity contribution >= 4 is 11.6 Å². The molecule has 1 heterocycles.